The summed E-state index contributed by atoms with van der Waals surface area (Å²) in [5.41, 5.74) is 0. The Balaban J connectivity index is 3.04. The minimum atomic E-state index is 1.07. The van der Waals surface area contributed by atoms with Gasteiger partial charge in [0.2, 0.25) is 0 Å². The van der Waals surface area contributed by atoms with Crippen LogP contribution in [-0.2, 0) is 0 Å². The molecule has 0 heterocycles. The third-order valence-corrected chi connectivity index (χ3v) is 4.98. The Hall–Kier alpha value is -0.440. The van der Waals surface area contributed by atoms with Crippen molar-refractivity contribution in [2.24, 2.45) is 0 Å². The molecule has 0 N–H and O–H groups in total. The average Bonchev–Trinajstić information content (AvgIpc) is 2.63. The smallest absolute Gasteiger partial charge is 0.00886 e. The van der Waals surface area contributed by atoms with Crippen LogP contribution in [0.25, 0.3) is 0 Å². The van der Waals surface area contributed by atoms with Gasteiger partial charge in [-0.2, -0.15) is 0 Å². The minimum Gasteiger partial charge on any atom is -0.103 e. The van der Waals surface area contributed by atoms with Crippen LogP contribution in [0.3, 0.4) is 0 Å². The second-order valence-electron chi connectivity index (χ2n) is 7.57. The normalized spacial score (nSPS) is 10.6. The second kappa shape index (κ2) is 23.6. The molecule has 0 saturated carbocycles. The summed E-state index contributed by atoms with van der Waals surface area (Å²) in [4.78, 5) is 0. The van der Waals surface area contributed by atoms with E-state index in [4.69, 9.17) is 0 Å². The standard InChI is InChI=1S/C25H46/c1-3-5-7-9-11-13-15-17-19-21-23-25-24-22-20-18-16-14-12-10-8-6-4-2/h1-13,15,17-25H2. The van der Waals surface area contributed by atoms with Gasteiger partial charge in [-0.15, -0.1) is 11.8 Å². The van der Waals surface area contributed by atoms with Crippen molar-refractivity contribution >= 4 is 0 Å². The Bertz CT molecular complexity index is 280. The lowest BCUT2D eigenvalue weighted by Crippen LogP contribution is -1.83. The van der Waals surface area contributed by atoms with Crippen LogP contribution in [0.1, 0.15) is 135 Å². The lowest BCUT2D eigenvalue weighted by atomic mass is 10.0. The van der Waals surface area contributed by atoms with E-state index in [0.29, 0.717) is 0 Å². The Morgan fingerprint density at radius 1 is 0.320 bits per heavy atom. The molecule has 0 fully saturated rings. The minimum absolute atomic E-state index is 1.07. The van der Waals surface area contributed by atoms with E-state index in [9.17, 15) is 0 Å². The molecule has 0 saturated heterocycles. The van der Waals surface area contributed by atoms with E-state index in [1.807, 2.05) is 0 Å². The molecule has 2 radical (unpaired) electrons. The average molecular weight is 347 g/mol. The van der Waals surface area contributed by atoms with Gasteiger partial charge in [0.05, 0.1) is 0 Å². The first kappa shape index (κ1) is 24.6. The van der Waals surface area contributed by atoms with Gasteiger partial charge in [0, 0.05) is 12.8 Å². The molecule has 0 aromatic rings. The summed E-state index contributed by atoms with van der Waals surface area (Å²) in [6, 6.07) is 0. The van der Waals surface area contributed by atoms with Gasteiger partial charge < -0.3 is 0 Å². The maximum absolute atomic E-state index is 3.90. The lowest BCUT2D eigenvalue weighted by molar-refractivity contribution is 0.534. The SMILES string of the molecule is [CH2]CCCCCC#CCCCCCCCCCCCCCCCC[CH2]. The van der Waals surface area contributed by atoms with E-state index in [-0.39, 0.29) is 0 Å². The zero-order chi connectivity index (χ0) is 18.3. The zero-order valence-electron chi connectivity index (χ0n) is 17.3. The molecule has 0 aliphatic rings. The van der Waals surface area contributed by atoms with Crippen molar-refractivity contribution in [3.05, 3.63) is 13.8 Å². The van der Waals surface area contributed by atoms with E-state index >= 15 is 0 Å². The third kappa shape index (κ3) is 23.6. The molecule has 0 spiro atoms. The molecule has 146 valence electrons. The molecule has 0 amide bonds. The van der Waals surface area contributed by atoms with Gasteiger partial charge in [-0.1, -0.05) is 123 Å². The van der Waals surface area contributed by atoms with Crippen molar-refractivity contribution in [2.45, 2.75) is 135 Å². The highest BCUT2D eigenvalue weighted by Crippen LogP contribution is 2.13. The molecule has 25 heavy (non-hydrogen) atoms. The van der Waals surface area contributed by atoms with Gasteiger partial charge in [0.15, 0.2) is 0 Å². The Labute approximate surface area is 160 Å². The summed E-state index contributed by atoms with van der Waals surface area (Å²) in [6.07, 6.45) is 28.1. The molecule has 0 unspecified atom stereocenters. The molecule has 0 nitrogen and oxygen atoms in total. The van der Waals surface area contributed by atoms with Crippen LogP contribution in [-0.4, -0.2) is 0 Å². The van der Waals surface area contributed by atoms with E-state index in [2.05, 4.69) is 25.7 Å². The molecule has 0 aliphatic carbocycles. The molecule has 0 rings (SSSR count). The summed E-state index contributed by atoms with van der Waals surface area (Å²) in [5, 5.41) is 0. The summed E-state index contributed by atoms with van der Waals surface area (Å²) in [5.74, 6) is 6.66. The number of hydrogen-bond donors (Lipinski definition) is 0. The predicted molar refractivity (Wildman–Crippen MR) is 115 cm³/mol. The molecule has 0 aliphatic heterocycles. The van der Waals surface area contributed by atoms with Crippen LogP contribution in [0.5, 0.6) is 0 Å². The van der Waals surface area contributed by atoms with Crippen LogP contribution in [0.15, 0.2) is 0 Å². The monoisotopic (exact) mass is 346 g/mol. The first-order valence-corrected chi connectivity index (χ1v) is 11.5. The number of unbranched alkanes of at least 4 members (excludes halogenated alkanes) is 19. The fraction of sp³-hybridized carbons (Fsp3) is 0.840. The quantitative estimate of drug-likeness (QED) is 0.162. The van der Waals surface area contributed by atoms with Gasteiger partial charge in [-0.05, 0) is 12.8 Å². The van der Waals surface area contributed by atoms with E-state index < -0.39 is 0 Å². The summed E-state index contributed by atoms with van der Waals surface area (Å²) in [6.45, 7) is 7.77. The van der Waals surface area contributed by atoms with E-state index in [1.54, 1.807) is 0 Å². The van der Waals surface area contributed by atoms with Crippen LogP contribution >= 0.6 is 0 Å². The van der Waals surface area contributed by atoms with Crippen molar-refractivity contribution in [3.8, 4) is 11.8 Å². The van der Waals surface area contributed by atoms with Gasteiger partial charge in [-0.25, -0.2) is 0 Å². The molecule has 0 aromatic carbocycles. The third-order valence-electron chi connectivity index (χ3n) is 4.98. The molecule has 0 atom stereocenters. The molecular weight excluding hydrogens is 300 g/mol. The van der Waals surface area contributed by atoms with Crippen LogP contribution in [0.2, 0.25) is 0 Å². The fourth-order valence-electron chi connectivity index (χ4n) is 3.26. The summed E-state index contributed by atoms with van der Waals surface area (Å²) in [7, 11) is 0. The second-order valence-corrected chi connectivity index (χ2v) is 7.57. The fourth-order valence-corrected chi connectivity index (χ4v) is 3.26. The topological polar surface area (TPSA) is 0 Å². The maximum Gasteiger partial charge on any atom is 0.00886 e. The highest BCUT2D eigenvalue weighted by molar-refractivity contribution is 4.98. The molecule has 0 bridgehead atoms. The maximum atomic E-state index is 3.90. The number of rotatable bonds is 19. The van der Waals surface area contributed by atoms with Gasteiger partial charge >= 0.3 is 0 Å². The van der Waals surface area contributed by atoms with Crippen molar-refractivity contribution in [1.29, 1.82) is 0 Å². The summed E-state index contributed by atoms with van der Waals surface area (Å²) >= 11 is 0. The van der Waals surface area contributed by atoms with Crippen molar-refractivity contribution in [2.75, 3.05) is 0 Å². The van der Waals surface area contributed by atoms with Crippen LogP contribution in [0, 0.1) is 25.7 Å². The molecular formula is C25H46. The van der Waals surface area contributed by atoms with Gasteiger partial charge in [0.25, 0.3) is 0 Å². The first-order chi connectivity index (χ1) is 12.4. The first-order valence-electron chi connectivity index (χ1n) is 11.5. The Kier molecular flexibility index (Phi) is 23.1. The Morgan fingerprint density at radius 2 is 0.560 bits per heavy atom. The van der Waals surface area contributed by atoms with Crippen molar-refractivity contribution in [1.82, 2.24) is 0 Å². The van der Waals surface area contributed by atoms with E-state index in [1.165, 1.54) is 109 Å². The highest BCUT2D eigenvalue weighted by Gasteiger charge is 1.94. The van der Waals surface area contributed by atoms with E-state index in [0.717, 1.165) is 25.7 Å². The highest BCUT2D eigenvalue weighted by atomic mass is 14.0. The van der Waals surface area contributed by atoms with Crippen LogP contribution < -0.4 is 0 Å². The number of hydrogen-bond acceptors (Lipinski definition) is 0. The predicted octanol–water partition coefficient (Wildman–Crippen LogP) is 8.85. The molecule has 0 heteroatoms. The molecule has 0 aromatic heterocycles. The Morgan fingerprint density at radius 3 is 0.880 bits per heavy atom. The van der Waals surface area contributed by atoms with Crippen LogP contribution in [0.4, 0.5) is 0 Å². The zero-order valence-corrected chi connectivity index (χ0v) is 17.3. The summed E-state index contributed by atoms with van der Waals surface area (Å²) < 4.78 is 0. The van der Waals surface area contributed by atoms with Gasteiger partial charge in [-0.3, -0.25) is 0 Å². The van der Waals surface area contributed by atoms with Gasteiger partial charge in [0.1, 0.15) is 0 Å². The van der Waals surface area contributed by atoms with Crippen molar-refractivity contribution < 1.29 is 0 Å². The lowest BCUT2D eigenvalue weighted by Gasteiger charge is -2.03. The van der Waals surface area contributed by atoms with Crippen molar-refractivity contribution in [3.63, 3.8) is 0 Å². The largest absolute Gasteiger partial charge is 0.103 e.